The van der Waals surface area contributed by atoms with Crippen molar-refractivity contribution in [3.8, 4) is 0 Å². The highest BCUT2D eigenvalue weighted by Gasteiger charge is 2.55. The molecule has 2 aliphatic heterocycles. The summed E-state index contributed by atoms with van der Waals surface area (Å²) < 4.78 is 0. The molecule has 2 aliphatic carbocycles. The second-order valence-corrected chi connectivity index (χ2v) is 9.83. The number of para-hydroxylation sites is 2. The highest BCUT2D eigenvalue weighted by Crippen LogP contribution is 2.53. The van der Waals surface area contributed by atoms with Gasteiger partial charge in [-0.2, -0.15) is 0 Å². The van der Waals surface area contributed by atoms with Gasteiger partial charge in [0.2, 0.25) is 0 Å². The molecule has 34 heavy (non-hydrogen) atoms. The van der Waals surface area contributed by atoms with Gasteiger partial charge in [-0.1, -0.05) is 96.0 Å². The molecule has 2 nitrogen and oxygen atoms in total. The lowest BCUT2D eigenvalue weighted by molar-refractivity contribution is 0.617. The molecule has 0 amide bonds. The fourth-order valence-electron chi connectivity index (χ4n) is 6.65. The Balaban J connectivity index is 1.46. The molecule has 1 fully saturated rings. The number of hydrogen-bond donors (Lipinski definition) is 0. The lowest BCUT2D eigenvalue weighted by atomic mass is 9.24. The Morgan fingerprint density at radius 1 is 0.647 bits per heavy atom. The first-order chi connectivity index (χ1) is 16.8. The van der Waals surface area contributed by atoms with Crippen LogP contribution in [0, 0.1) is 6.92 Å². The monoisotopic (exact) mass is 438 g/mol. The van der Waals surface area contributed by atoms with E-state index in [-0.39, 0.29) is 6.04 Å². The molecule has 0 aromatic heterocycles. The van der Waals surface area contributed by atoms with Crippen LogP contribution in [-0.2, 0) is 0 Å². The van der Waals surface area contributed by atoms with Gasteiger partial charge in [0.15, 0.2) is 6.71 Å². The van der Waals surface area contributed by atoms with Crippen molar-refractivity contribution in [3.05, 3.63) is 133 Å². The van der Waals surface area contributed by atoms with Crippen molar-refractivity contribution in [3.63, 3.8) is 0 Å². The van der Waals surface area contributed by atoms with Crippen molar-refractivity contribution in [2.75, 3.05) is 9.80 Å². The SMILES string of the molecule is Cc1ccc(N2c3ccccc3B3C4C=CC=CC4N(c4ccccc4)C4=CC=CC2C34)cc1. The van der Waals surface area contributed by atoms with E-state index >= 15 is 0 Å². The molecule has 164 valence electrons. The molecular formula is C31H27BN2. The third-order valence-electron chi connectivity index (χ3n) is 8.01. The van der Waals surface area contributed by atoms with Gasteiger partial charge in [-0.3, -0.25) is 0 Å². The molecule has 2 heterocycles. The van der Waals surface area contributed by atoms with E-state index in [0.29, 0.717) is 24.4 Å². The van der Waals surface area contributed by atoms with E-state index in [0.717, 1.165) is 0 Å². The summed E-state index contributed by atoms with van der Waals surface area (Å²) in [5.74, 6) is 0.793. The Morgan fingerprint density at radius 3 is 2.21 bits per heavy atom. The highest BCUT2D eigenvalue weighted by molar-refractivity contribution is 6.80. The molecule has 7 rings (SSSR count). The molecule has 3 heteroatoms. The van der Waals surface area contributed by atoms with Crippen molar-refractivity contribution in [1.82, 2.24) is 0 Å². The molecule has 4 unspecified atom stereocenters. The zero-order chi connectivity index (χ0) is 22.6. The molecular weight excluding hydrogens is 411 g/mol. The molecule has 3 aromatic carbocycles. The first-order valence-corrected chi connectivity index (χ1v) is 12.3. The van der Waals surface area contributed by atoms with Gasteiger partial charge in [0.05, 0.1) is 12.1 Å². The number of allylic oxidation sites excluding steroid dienone is 4. The Labute approximate surface area is 202 Å². The molecule has 1 saturated heterocycles. The number of fused-ring (bicyclic) bond motifs is 4. The lowest BCUT2D eigenvalue weighted by Crippen LogP contribution is -2.63. The number of aryl methyl sites for hydroxylation is 1. The van der Waals surface area contributed by atoms with Gasteiger partial charge >= 0.3 is 0 Å². The van der Waals surface area contributed by atoms with Crippen molar-refractivity contribution >= 4 is 29.2 Å². The molecule has 0 spiro atoms. The van der Waals surface area contributed by atoms with Crippen LogP contribution in [0.3, 0.4) is 0 Å². The zero-order valence-electron chi connectivity index (χ0n) is 19.3. The minimum atomic E-state index is 0.272. The number of rotatable bonds is 2. The summed E-state index contributed by atoms with van der Waals surface area (Å²) >= 11 is 0. The standard InChI is InChI=1S/C31H27BN2/c1-22-18-20-24(21-19-22)34-28-15-8-6-13-26(28)32-25-12-5-7-14-27(25)33(23-10-3-2-4-11-23)29-16-9-17-30(34)31(29)32/h2-21,25,27,30-31H,1H3. The van der Waals surface area contributed by atoms with Crippen LogP contribution in [0.5, 0.6) is 0 Å². The van der Waals surface area contributed by atoms with Crippen LogP contribution in [0.25, 0.3) is 0 Å². The lowest BCUT2D eigenvalue weighted by Gasteiger charge is -2.57. The van der Waals surface area contributed by atoms with Crippen LogP contribution in [0.1, 0.15) is 5.56 Å². The third-order valence-corrected chi connectivity index (χ3v) is 8.01. The van der Waals surface area contributed by atoms with Crippen LogP contribution in [-0.4, -0.2) is 18.8 Å². The smallest absolute Gasteiger partial charge is 0.200 e. The molecule has 0 N–H and O–H groups in total. The number of anilines is 3. The van der Waals surface area contributed by atoms with Crippen LogP contribution >= 0.6 is 0 Å². The topological polar surface area (TPSA) is 6.48 Å². The quantitative estimate of drug-likeness (QED) is 0.426. The second kappa shape index (κ2) is 7.67. The largest absolute Gasteiger partial charge is 0.339 e. The predicted molar refractivity (Wildman–Crippen MR) is 145 cm³/mol. The molecule has 4 aliphatic rings. The summed E-state index contributed by atoms with van der Waals surface area (Å²) in [6.45, 7) is 2.60. The number of nitrogens with zero attached hydrogens (tertiary/aromatic N) is 2. The minimum absolute atomic E-state index is 0.272. The number of benzene rings is 3. The van der Waals surface area contributed by atoms with E-state index in [1.165, 1.54) is 33.8 Å². The molecule has 3 aromatic rings. The van der Waals surface area contributed by atoms with Gasteiger partial charge in [0, 0.05) is 28.6 Å². The van der Waals surface area contributed by atoms with E-state index in [4.69, 9.17) is 0 Å². The first kappa shape index (κ1) is 19.7. The highest BCUT2D eigenvalue weighted by atomic mass is 15.2. The van der Waals surface area contributed by atoms with Gasteiger partial charge in [-0.15, -0.1) is 0 Å². The maximum Gasteiger partial charge on any atom is 0.200 e. The Hall–Kier alpha value is -3.72. The van der Waals surface area contributed by atoms with Crippen LogP contribution in [0.4, 0.5) is 17.1 Å². The maximum absolute atomic E-state index is 2.60. The first-order valence-electron chi connectivity index (χ1n) is 12.3. The van der Waals surface area contributed by atoms with Gasteiger partial charge in [0.1, 0.15) is 0 Å². The number of hydrogen-bond acceptors (Lipinski definition) is 2. The van der Waals surface area contributed by atoms with Crippen LogP contribution < -0.4 is 15.3 Å². The van der Waals surface area contributed by atoms with Crippen LogP contribution in [0.15, 0.2) is 127 Å². The average Bonchev–Trinajstić information content (AvgIpc) is 2.90. The molecule has 4 atom stereocenters. The van der Waals surface area contributed by atoms with Gasteiger partial charge in [-0.25, -0.2) is 0 Å². The second-order valence-electron chi connectivity index (χ2n) is 9.83. The Bertz CT molecular complexity index is 1350. The van der Waals surface area contributed by atoms with E-state index in [1.807, 2.05) is 0 Å². The summed E-state index contributed by atoms with van der Waals surface area (Å²) in [5, 5.41) is 0. The Kier molecular flexibility index (Phi) is 4.45. The Morgan fingerprint density at radius 2 is 1.35 bits per heavy atom. The van der Waals surface area contributed by atoms with E-state index in [2.05, 4.69) is 138 Å². The van der Waals surface area contributed by atoms with Crippen molar-refractivity contribution in [2.24, 2.45) is 0 Å². The summed E-state index contributed by atoms with van der Waals surface area (Å²) in [4.78, 5) is 5.18. The zero-order valence-corrected chi connectivity index (χ0v) is 19.3. The average molecular weight is 438 g/mol. The van der Waals surface area contributed by atoms with Crippen LogP contribution in [0.2, 0.25) is 11.6 Å². The summed E-state index contributed by atoms with van der Waals surface area (Å²) in [7, 11) is 0. The van der Waals surface area contributed by atoms with Gasteiger partial charge < -0.3 is 9.80 Å². The molecule has 0 radical (unpaired) electrons. The van der Waals surface area contributed by atoms with Crippen molar-refractivity contribution in [1.29, 1.82) is 0 Å². The molecule has 0 saturated carbocycles. The minimum Gasteiger partial charge on any atom is -0.339 e. The van der Waals surface area contributed by atoms with E-state index < -0.39 is 0 Å². The van der Waals surface area contributed by atoms with Gasteiger partial charge in [0.25, 0.3) is 0 Å². The summed E-state index contributed by atoms with van der Waals surface area (Å²) in [6, 6.07) is 29.6. The third kappa shape index (κ3) is 2.83. The van der Waals surface area contributed by atoms with Crippen molar-refractivity contribution < 1.29 is 0 Å². The molecule has 0 bridgehead atoms. The van der Waals surface area contributed by atoms with E-state index in [9.17, 15) is 0 Å². The van der Waals surface area contributed by atoms with E-state index in [1.54, 1.807) is 0 Å². The van der Waals surface area contributed by atoms with Crippen molar-refractivity contribution in [2.45, 2.75) is 30.6 Å². The normalized spacial score (nSPS) is 26.0. The predicted octanol–water partition coefficient (Wildman–Crippen LogP) is 6.43. The summed E-state index contributed by atoms with van der Waals surface area (Å²) in [5.41, 5.74) is 8.07. The maximum atomic E-state index is 2.60. The van der Waals surface area contributed by atoms with Gasteiger partial charge in [-0.05, 0) is 49.1 Å². The summed E-state index contributed by atoms with van der Waals surface area (Å²) in [6.07, 6.45) is 16.4. The fraction of sp³-hybridized carbons (Fsp3) is 0.161. The fourth-order valence-corrected chi connectivity index (χ4v) is 6.65.